The first kappa shape index (κ1) is 12.9. The molecule has 2 aromatic rings. The number of pyridine rings is 1. The van der Waals surface area contributed by atoms with E-state index >= 15 is 0 Å². The van der Waals surface area contributed by atoms with Gasteiger partial charge in [-0.25, -0.2) is 4.98 Å². The molecule has 0 bridgehead atoms. The fraction of sp³-hybridized carbons (Fsp3) is 0.250. The molecule has 0 amide bonds. The van der Waals surface area contributed by atoms with Gasteiger partial charge < -0.3 is 5.73 Å². The van der Waals surface area contributed by atoms with Crippen LogP contribution in [-0.2, 0) is 0 Å². The van der Waals surface area contributed by atoms with Gasteiger partial charge >= 0.3 is 0 Å². The Hall–Kier alpha value is -0.550. The van der Waals surface area contributed by atoms with Crippen LogP contribution in [0.5, 0.6) is 0 Å². The Balaban J connectivity index is 2.23. The third-order valence-corrected chi connectivity index (χ3v) is 5.27. The summed E-state index contributed by atoms with van der Waals surface area (Å²) >= 11 is 9.45. The fourth-order valence-corrected chi connectivity index (χ4v) is 3.79. The molecule has 2 unspecified atom stereocenters. The molecule has 5 heteroatoms. The average Bonchev–Trinajstić information content (AvgIpc) is 2.81. The van der Waals surface area contributed by atoms with Gasteiger partial charge in [-0.2, -0.15) is 0 Å². The molecule has 2 heterocycles. The summed E-state index contributed by atoms with van der Waals surface area (Å²) in [6, 6.07) is 7.87. The van der Waals surface area contributed by atoms with E-state index in [0.717, 1.165) is 5.03 Å². The van der Waals surface area contributed by atoms with Crippen LogP contribution in [0.1, 0.15) is 17.1 Å². The van der Waals surface area contributed by atoms with E-state index in [1.807, 2.05) is 25.1 Å². The number of aromatic nitrogens is 1. The maximum Gasteiger partial charge on any atom is 0.115 e. The van der Waals surface area contributed by atoms with Crippen molar-refractivity contribution in [3.05, 3.63) is 45.7 Å². The lowest BCUT2D eigenvalue weighted by molar-refractivity contribution is 0.728. The van der Waals surface area contributed by atoms with E-state index in [0.29, 0.717) is 5.02 Å². The Bertz CT molecular complexity index is 471. The van der Waals surface area contributed by atoms with Gasteiger partial charge in [0.05, 0.1) is 10.3 Å². The molecule has 2 rings (SSSR count). The molecule has 0 saturated carbocycles. The van der Waals surface area contributed by atoms with Gasteiger partial charge in [0, 0.05) is 17.1 Å². The Morgan fingerprint density at radius 2 is 2.24 bits per heavy atom. The summed E-state index contributed by atoms with van der Waals surface area (Å²) in [5.41, 5.74) is 6.04. The first-order valence-electron chi connectivity index (χ1n) is 5.24. The number of hydrogen-bond donors (Lipinski definition) is 1. The van der Waals surface area contributed by atoms with Crippen molar-refractivity contribution in [2.75, 3.05) is 0 Å². The highest BCUT2D eigenvalue weighted by Crippen LogP contribution is 2.40. The average molecular weight is 285 g/mol. The molecule has 2 N–H and O–H groups in total. The van der Waals surface area contributed by atoms with E-state index in [9.17, 15) is 0 Å². The highest BCUT2D eigenvalue weighted by Gasteiger charge is 2.20. The molecule has 0 saturated heterocycles. The minimum absolute atomic E-state index is 0.0525. The lowest BCUT2D eigenvalue weighted by atomic mass is 10.2. The minimum Gasteiger partial charge on any atom is -0.327 e. The van der Waals surface area contributed by atoms with Crippen LogP contribution in [0.15, 0.2) is 40.9 Å². The Morgan fingerprint density at radius 3 is 2.82 bits per heavy atom. The van der Waals surface area contributed by atoms with E-state index in [1.165, 1.54) is 4.88 Å². The largest absolute Gasteiger partial charge is 0.327 e. The lowest BCUT2D eigenvalue weighted by Gasteiger charge is -2.18. The Kier molecular flexibility index (Phi) is 4.45. The summed E-state index contributed by atoms with van der Waals surface area (Å²) in [4.78, 5) is 5.55. The van der Waals surface area contributed by atoms with Crippen molar-refractivity contribution in [2.24, 2.45) is 5.73 Å². The second-order valence-electron chi connectivity index (χ2n) is 3.70. The summed E-state index contributed by atoms with van der Waals surface area (Å²) in [5.74, 6) is 0. The van der Waals surface area contributed by atoms with Gasteiger partial charge in [-0.1, -0.05) is 29.4 Å². The van der Waals surface area contributed by atoms with Crippen molar-refractivity contribution in [1.82, 2.24) is 4.98 Å². The van der Waals surface area contributed by atoms with Gasteiger partial charge in [0.1, 0.15) is 5.03 Å². The molecule has 17 heavy (non-hydrogen) atoms. The smallest absolute Gasteiger partial charge is 0.115 e. The van der Waals surface area contributed by atoms with Crippen molar-refractivity contribution >= 4 is 34.7 Å². The summed E-state index contributed by atoms with van der Waals surface area (Å²) < 4.78 is 0. The van der Waals surface area contributed by atoms with E-state index in [4.69, 9.17) is 17.3 Å². The van der Waals surface area contributed by atoms with Crippen LogP contribution < -0.4 is 5.73 Å². The molecule has 0 aliphatic heterocycles. The van der Waals surface area contributed by atoms with Crippen LogP contribution >= 0.6 is 34.7 Å². The van der Waals surface area contributed by atoms with Crippen molar-refractivity contribution in [3.8, 4) is 0 Å². The molecule has 0 aromatic carbocycles. The molecular weight excluding hydrogens is 272 g/mol. The predicted octanol–water partition coefficient (Wildman–Crippen LogP) is 3.98. The first-order chi connectivity index (χ1) is 8.18. The van der Waals surface area contributed by atoms with Crippen LogP contribution in [0, 0.1) is 0 Å². The minimum atomic E-state index is 0.0525. The number of nitrogens with two attached hydrogens (primary N) is 1. The predicted molar refractivity (Wildman–Crippen MR) is 75.8 cm³/mol. The van der Waals surface area contributed by atoms with Gasteiger partial charge in [-0.05, 0) is 30.5 Å². The van der Waals surface area contributed by atoms with Crippen molar-refractivity contribution < 1.29 is 0 Å². The highest BCUT2D eigenvalue weighted by atomic mass is 35.5. The van der Waals surface area contributed by atoms with Crippen LogP contribution in [0.25, 0.3) is 0 Å². The number of halogens is 1. The lowest BCUT2D eigenvalue weighted by Crippen LogP contribution is -2.22. The van der Waals surface area contributed by atoms with Crippen molar-refractivity contribution in [2.45, 2.75) is 23.2 Å². The fourth-order valence-electron chi connectivity index (χ4n) is 1.46. The number of hydrogen-bond acceptors (Lipinski definition) is 4. The zero-order valence-electron chi connectivity index (χ0n) is 9.34. The number of thiophene rings is 1. The van der Waals surface area contributed by atoms with E-state index in [-0.39, 0.29) is 11.3 Å². The summed E-state index contributed by atoms with van der Waals surface area (Å²) in [6.07, 6.45) is 1.75. The molecule has 0 radical (unpaired) electrons. The molecule has 90 valence electrons. The molecule has 0 fully saturated rings. The molecule has 0 aliphatic rings. The summed E-state index contributed by atoms with van der Waals surface area (Å²) in [7, 11) is 0. The number of nitrogens with zero attached hydrogens (tertiary/aromatic N) is 1. The second kappa shape index (κ2) is 5.87. The monoisotopic (exact) mass is 284 g/mol. The molecular formula is C12H13ClN2S2. The number of rotatable bonds is 4. The van der Waals surface area contributed by atoms with Gasteiger partial charge in [-0.3, -0.25) is 0 Å². The Labute approximate surface area is 114 Å². The van der Waals surface area contributed by atoms with E-state index < -0.39 is 0 Å². The summed E-state index contributed by atoms with van der Waals surface area (Å²) in [6.45, 7) is 2.01. The van der Waals surface area contributed by atoms with Gasteiger partial charge in [0.2, 0.25) is 0 Å². The van der Waals surface area contributed by atoms with Crippen LogP contribution in [-0.4, -0.2) is 11.0 Å². The van der Waals surface area contributed by atoms with Crippen LogP contribution in [0.3, 0.4) is 0 Å². The van der Waals surface area contributed by atoms with Crippen LogP contribution in [0.4, 0.5) is 0 Å². The normalized spacial score (nSPS) is 14.5. The molecule has 2 aromatic heterocycles. The topological polar surface area (TPSA) is 38.9 Å². The van der Waals surface area contributed by atoms with E-state index in [2.05, 4.69) is 16.4 Å². The van der Waals surface area contributed by atoms with E-state index in [1.54, 1.807) is 29.3 Å². The van der Waals surface area contributed by atoms with Crippen molar-refractivity contribution in [1.29, 1.82) is 0 Å². The quantitative estimate of drug-likeness (QED) is 0.863. The zero-order valence-corrected chi connectivity index (χ0v) is 11.7. The maximum atomic E-state index is 6.11. The molecule has 0 spiro atoms. The summed E-state index contributed by atoms with van der Waals surface area (Å²) in [5, 5.41) is 3.78. The molecule has 2 atom stereocenters. The highest BCUT2D eigenvalue weighted by molar-refractivity contribution is 7.99. The third-order valence-electron chi connectivity index (χ3n) is 2.26. The SMILES string of the molecule is CC(N)C(Sc1ncccc1Cl)c1cccs1. The number of thioether (sulfide) groups is 1. The van der Waals surface area contributed by atoms with Gasteiger partial charge in [-0.15, -0.1) is 11.3 Å². The van der Waals surface area contributed by atoms with Crippen LogP contribution in [0.2, 0.25) is 5.02 Å². The van der Waals surface area contributed by atoms with Gasteiger partial charge in [0.15, 0.2) is 0 Å². The standard InChI is InChI=1S/C12H13ClN2S2/c1-8(14)11(10-5-3-7-16-10)17-12-9(13)4-2-6-15-12/h2-8,11H,14H2,1H3. The second-order valence-corrected chi connectivity index (χ2v) is 6.22. The van der Waals surface area contributed by atoms with Gasteiger partial charge in [0.25, 0.3) is 0 Å². The first-order valence-corrected chi connectivity index (χ1v) is 7.38. The molecule has 2 nitrogen and oxygen atoms in total. The maximum absolute atomic E-state index is 6.11. The third kappa shape index (κ3) is 3.22. The Morgan fingerprint density at radius 1 is 1.41 bits per heavy atom. The molecule has 0 aliphatic carbocycles. The van der Waals surface area contributed by atoms with Crippen molar-refractivity contribution in [3.63, 3.8) is 0 Å². The zero-order chi connectivity index (χ0) is 12.3.